The van der Waals surface area contributed by atoms with E-state index in [4.69, 9.17) is 9.15 Å². The minimum atomic E-state index is -4.92. The van der Waals surface area contributed by atoms with Gasteiger partial charge < -0.3 is 9.15 Å². The molecule has 4 nitrogen and oxygen atoms in total. The van der Waals surface area contributed by atoms with Crippen molar-refractivity contribution < 1.29 is 26.7 Å². The minimum Gasteiger partial charge on any atom is -0.461 e. The summed E-state index contributed by atoms with van der Waals surface area (Å²) in [5.74, 6) is -1.11. The molecule has 122 valence electrons. The Bertz CT molecular complexity index is 916. The average Bonchev–Trinajstić information content (AvgIpc) is 2.79. The first kappa shape index (κ1) is 15.7. The molecule has 3 aromatic heterocycles. The second-order valence-electron chi connectivity index (χ2n) is 5.18. The van der Waals surface area contributed by atoms with Gasteiger partial charge in [-0.1, -0.05) is 0 Å². The van der Waals surface area contributed by atoms with Gasteiger partial charge in [0.1, 0.15) is 16.9 Å². The Morgan fingerprint density at radius 1 is 1.22 bits per heavy atom. The number of nitrogens with zero attached hydrogens (tertiary/aromatic N) is 2. The lowest BCUT2D eigenvalue weighted by Gasteiger charge is -2.14. The van der Waals surface area contributed by atoms with E-state index >= 15 is 0 Å². The number of halogens is 4. The highest BCUT2D eigenvalue weighted by molar-refractivity contribution is 6.05. The molecule has 0 atom stereocenters. The van der Waals surface area contributed by atoms with Gasteiger partial charge in [0.25, 0.3) is 0 Å². The van der Waals surface area contributed by atoms with Crippen molar-refractivity contribution in [1.82, 2.24) is 9.97 Å². The van der Waals surface area contributed by atoms with Crippen LogP contribution >= 0.6 is 0 Å². The van der Waals surface area contributed by atoms with Gasteiger partial charge in [-0.05, 0) is 19.9 Å². The second kappa shape index (κ2) is 5.16. The van der Waals surface area contributed by atoms with Crippen LogP contribution in [0.5, 0.6) is 0 Å². The lowest BCUT2D eigenvalue weighted by atomic mass is 10.1. The van der Waals surface area contributed by atoms with Crippen molar-refractivity contribution >= 4 is 21.9 Å². The van der Waals surface area contributed by atoms with E-state index in [1.807, 2.05) is 0 Å². The van der Waals surface area contributed by atoms with Gasteiger partial charge in [0.15, 0.2) is 0 Å². The number of aryl methyl sites for hydroxylation is 2. The van der Waals surface area contributed by atoms with Crippen LogP contribution in [0.2, 0.25) is 0 Å². The Morgan fingerprint density at radius 3 is 2.52 bits per heavy atom. The lowest BCUT2D eigenvalue weighted by Crippen LogP contribution is -2.14. The normalized spacial score (nSPS) is 12.5. The largest absolute Gasteiger partial charge is 0.461 e. The highest BCUT2D eigenvalue weighted by atomic mass is 19.4. The molecule has 0 bridgehead atoms. The summed E-state index contributed by atoms with van der Waals surface area (Å²) in [6, 6.07) is 1.67. The maximum atomic E-state index is 14.0. The van der Waals surface area contributed by atoms with E-state index in [9.17, 15) is 17.6 Å². The smallest absolute Gasteiger partial charge is 0.422 e. The third kappa shape index (κ3) is 2.42. The van der Waals surface area contributed by atoms with Crippen LogP contribution in [0.3, 0.4) is 0 Å². The van der Waals surface area contributed by atoms with E-state index in [1.165, 1.54) is 7.11 Å². The molecule has 0 aliphatic rings. The van der Waals surface area contributed by atoms with Crippen LogP contribution in [-0.2, 0) is 17.5 Å². The van der Waals surface area contributed by atoms with Crippen LogP contribution in [0.25, 0.3) is 21.9 Å². The molecular weight excluding hydrogens is 316 g/mol. The van der Waals surface area contributed by atoms with E-state index in [2.05, 4.69) is 9.97 Å². The summed E-state index contributed by atoms with van der Waals surface area (Å²) < 4.78 is 64.2. The first-order chi connectivity index (χ1) is 10.7. The van der Waals surface area contributed by atoms with Crippen molar-refractivity contribution in [3.05, 3.63) is 34.7 Å². The predicted octanol–water partition coefficient (Wildman–Crippen LogP) is 4.30. The van der Waals surface area contributed by atoms with E-state index in [-0.39, 0.29) is 23.3 Å². The molecule has 23 heavy (non-hydrogen) atoms. The molecule has 0 radical (unpaired) electrons. The van der Waals surface area contributed by atoms with Gasteiger partial charge in [-0.25, -0.2) is 4.98 Å². The molecule has 3 rings (SSSR count). The zero-order valence-corrected chi connectivity index (χ0v) is 12.5. The lowest BCUT2D eigenvalue weighted by molar-refractivity contribution is -0.139. The summed E-state index contributed by atoms with van der Waals surface area (Å²) in [5, 5.41) is 0.586. The average molecular weight is 328 g/mol. The number of hydrogen-bond donors (Lipinski definition) is 0. The number of methoxy groups -OCH3 is 1. The molecule has 0 fully saturated rings. The van der Waals surface area contributed by atoms with Gasteiger partial charge in [0.2, 0.25) is 5.95 Å². The first-order valence-electron chi connectivity index (χ1n) is 6.69. The number of rotatable bonds is 2. The van der Waals surface area contributed by atoms with Crippen LogP contribution in [0.1, 0.15) is 22.7 Å². The maximum Gasteiger partial charge on any atom is 0.422 e. The predicted molar refractivity (Wildman–Crippen MR) is 74.5 cm³/mol. The summed E-state index contributed by atoms with van der Waals surface area (Å²) in [6.45, 7) is 3.05. The molecule has 0 saturated heterocycles. The Morgan fingerprint density at radius 2 is 1.91 bits per heavy atom. The fourth-order valence-electron chi connectivity index (χ4n) is 2.63. The van der Waals surface area contributed by atoms with Crippen molar-refractivity contribution in [2.75, 3.05) is 7.11 Å². The SMILES string of the molecule is COCc1nc(F)c(C(F)(F)F)c2nc(C)c3cc(C)oc3c12. The molecule has 8 heteroatoms. The van der Waals surface area contributed by atoms with Gasteiger partial charge >= 0.3 is 6.18 Å². The van der Waals surface area contributed by atoms with Crippen LogP contribution in [0.15, 0.2) is 10.5 Å². The van der Waals surface area contributed by atoms with E-state index < -0.39 is 23.2 Å². The summed E-state index contributed by atoms with van der Waals surface area (Å²) in [7, 11) is 1.34. The Balaban J connectivity index is 2.58. The molecular formula is C15H12F4N2O2. The highest BCUT2D eigenvalue weighted by Crippen LogP contribution is 2.39. The van der Waals surface area contributed by atoms with Crippen molar-refractivity contribution in [3.63, 3.8) is 0 Å². The highest BCUT2D eigenvalue weighted by Gasteiger charge is 2.39. The van der Waals surface area contributed by atoms with Crippen molar-refractivity contribution in [2.24, 2.45) is 0 Å². The number of furan rings is 1. The van der Waals surface area contributed by atoms with Gasteiger partial charge in [0, 0.05) is 18.2 Å². The topological polar surface area (TPSA) is 48.2 Å². The maximum absolute atomic E-state index is 14.0. The molecule has 0 amide bonds. The zero-order valence-electron chi connectivity index (χ0n) is 12.5. The molecule has 0 unspecified atom stereocenters. The van der Waals surface area contributed by atoms with Crippen LogP contribution in [-0.4, -0.2) is 17.1 Å². The zero-order chi connectivity index (χ0) is 16.9. The minimum absolute atomic E-state index is 0.0137. The van der Waals surface area contributed by atoms with Crippen LogP contribution in [0.4, 0.5) is 17.6 Å². The number of alkyl halides is 3. The number of fused-ring (bicyclic) bond motifs is 3. The Labute approximate surface area is 128 Å². The van der Waals surface area contributed by atoms with Gasteiger partial charge in [0.05, 0.1) is 23.2 Å². The molecule has 0 aromatic carbocycles. The van der Waals surface area contributed by atoms with Crippen molar-refractivity contribution in [1.29, 1.82) is 0 Å². The van der Waals surface area contributed by atoms with Gasteiger partial charge in [-0.15, -0.1) is 0 Å². The molecule has 0 spiro atoms. The third-order valence-corrected chi connectivity index (χ3v) is 3.52. The van der Waals surface area contributed by atoms with Gasteiger partial charge in [-0.3, -0.25) is 4.98 Å². The fourth-order valence-corrected chi connectivity index (χ4v) is 2.63. The monoisotopic (exact) mass is 328 g/mol. The van der Waals surface area contributed by atoms with Crippen molar-refractivity contribution in [3.8, 4) is 0 Å². The standard InChI is InChI=1S/C15H12F4N2O2/c1-6-4-8-7(2)20-12-10(13(8)23-6)9(5-22-3)21-14(16)11(12)15(17,18)19/h4H,5H2,1-3H3. The van der Waals surface area contributed by atoms with Crippen LogP contribution < -0.4 is 0 Å². The summed E-state index contributed by atoms with van der Waals surface area (Å²) in [4.78, 5) is 7.41. The Hall–Kier alpha value is -2.22. The number of pyridine rings is 2. The summed E-state index contributed by atoms with van der Waals surface area (Å²) in [5.41, 5.74) is -1.47. The van der Waals surface area contributed by atoms with Gasteiger partial charge in [-0.2, -0.15) is 17.6 Å². The molecule has 0 aliphatic carbocycles. The number of ether oxygens (including phenoxy) is 1. The van der Waals surface area contributed by atoms with Crippen molar-refractivity contribution in [2.45, 2.75) is 26.6 Å². The number of hydrogen-bond acceptors (Lipinski definition) is 4. The second-order valence-corrected chi connectivity index (χ2v) is 5.18. The first-order valence-corrected chi connectivity index (χ1v) is 6.69. The molecule has 0 aliphatic heterocycles. The number of aromatic nitrogens is 2. The fraction of sp³-hybridized carbons (Fsp3) is 0.333. The summed E-state index contributed by atoms with van der Waals surface area (Å²) >= 11 is 0. The molecule has 3 heterocycles. The molecule has 0 saturated carbocycles. The molecule has 3 aromatic rings. The van der Waals surface area contributed by atoms with Crippen LogP contribution in [0, 0.1) is 19.8 Å². The van der Waals surface area contributed by atoms with E-state index in [0.29, 0.717) is 16.8 Å². The Kier molecular flexibility index (Phi) is 3.51. The molecule has 0 N–H and O–H groups in total. The third-order valence-electron chi connectivity index (χ3n) is 3.52. The quantitative estimate of drug-likeness (QED) is 0.520. The van der Waals surface area contributed by atoms with E-state index in [1.54, 1.807) is 19.9 Å². The van der Waals surface area contributed by atoms with E-state index in [0.717, 1.165) is 0 Å². The summed E-state index contributed by atoms with van der Waals surface area (Å²) in [6.07, 6.45) is -4.92.